The highest BCUT2D eigenvalue weighted by molar-refractivity contribution is 5.91. The number of amides is 1. The molecular weight excluding hydrogens is 464 g/mol. The molecule has 3 heterocycles. The first-order chi connectivity index (χ1) is 18.0. The first kappa shape index (κ1) is 22.8. The third-order valence-corrected chi connectivity index (χ3v) is 6.45. The minimum Gasteiger partial charge on any atom is -0.338 e. The molecule has 0 radical (unpaired) electrons. The van der Waals surface area contributed by atoms with Crippen LogP contribution in [0, 0.1) is 6.92 Å². The monoisotopic (exact) mass is 490 g/mol. The van der Waals surface area contributed by atoms with Crippen molar-refractivity contribution in [1.29, 1.82) is 0 Å². The van der Waals surface area contributed by atoms with Crippen molar-refractivity contribution in [2.24, 2.45) is 0 Å². The Hall–Kier alpha value is -4.69. The summed E-state index contributed by atoms with van der Waals surface area (Å²) in [6.45, 7) is 2.83. The van der Waals surface area contributed by atoms with Gasteiger partial charge in [0.05, 0.1) is 17.5 Å². The number of anilines is 1. The van der Waals surface area contributed by atoms with Gasteiger partial charge >= 0.3 is 0 Å². The van der Waals surface area contributed by atoms with Crippen molar-refractivity contribution in [2.45, 2.75) is 13.3 Å². The maximum absolute atomic E-state index is 12.6. The lowest BCUT2D eigenvalue weighted by Gasteiger charge is -2.07. The summed E-state index contributed by atoms with van der Waals surface area (Å²) in [5, 5.41) is 8.84. The lowest BCUT2D eigenvalue weighted by molar-refractivity contribution is -0.115. The van der Waals surface area contributed by atoms with Gasteiger partial charge in [-0.3, -0.25) is 14.7 Å². The minimum atomic E-state index is -0.165. The number of hydrogen-bond acceptors (Lipinski definition) is 6. The zero-order valence-electron chi connectivity index (χ0n) is 20.6. The van der Waals surface area contributed by atoms with E-state index in [4.69, 9.17) is 4.52 Å². The van der Waals surface area contributed by atoms with Crippen molar-refractivity contribution in [3.63, 3.8) is 0 Å². The third-order valence-electron chi connectivity index (χ3n) is 6.45. The summed E-state index contributed by atoms with van der Waals surface area (Å²) in [6, 6.07) is 24.0. The fraction of sp³-hybridized carbons (Fsp3) is 0.138. The van der Waals surface area contributed by atoms with E-state index in [9.17, 15) is 4.79 Å². The van der Waals surface area contributed by atoms with Gasteiger partial charge in [0.15, 0.2) is 0 Å². The fourth-order valence-electron chi connectivity index (χ4n) is 4.55. The van der Waals surface area contributed by atoms with Crippen LogP contribution < -0.4 is 10.7 Å². The highest BCUT2D eigenvalue weighted by atomic mass is 16.5. The molecule has 1 amide bonds. The van der Waals surface area contributed by atoms with Gasteiger partial charge in [-0.1, -0.05) is 47.1 Å². The molecule has 0 atom stereocenters. The topological polar surface area (TPSA) is 88.2 Å². The van der Waals surface area contributed by atoms with E-state index in [0.717, 1.165) is 45.5 Å². The van der Waals surface area contributed by atoms with E-state index in [1.54, 1.807) is 6.07 Å². The van der Waals surface area contributed by atoms with Crippen LogP contribution in [0.1, 0.15) is 16.7 Å². The molecule has 1 aliphatic rings. The van der Waals surface area contributed by atoms with E-state index >= 15 is 0 Å². The molecule has 2 aromatic heterocycles. The summed E-state index contributed by atoms with van der Waals surface area (Å²) in [6.07, 6.45) is 4.16. The van der Waals surface area contributed by atoms with Crippen molar-refractivity contribution in [3.05, 3.63) is 102 Å². The molecule has 184 valence electrons. The van der Waals surface area contributed by atoms with E-state index in [2.05, 4.69) is 49.8 Å². The molecule has 0 spiro atoms. The van der Waals surface area contributed by atoms with Crippen molar-refractivity contribution in [2.75, 3.05) is 18.9 Å². The number of aromatic nitrogens is 3. The van der Waals surface area contributed by atoms with E-state index < -0.39 is 0 Å². The molecule has 8 nitrogen and oxygen atoms in total. The molecule has 37 heavy (non-hydrogen) atoms. The summed E-state index contributed by atoms with van der Waals surface area (Å²) in [5.74, 6) is 0.167. The Morgan fingerprint density at radius 1 is 1.05 bits per heavy atom. The number of nitrogens with zero attached hydrogens (tertiary/aromatic N) is 4. The zero-order chi connectivity index (χ0) is 25.4. The predicted molar refractivity (Wildman–Crippen MR) is 144 cm³/mol. The van der Waals surface area contributed by atoms with E-state index in [-0.39, 0.29) is 12.3 Å². The predicted octanol–water partition coefficient (Wildman–Crippen LogP) is 4.96. The average molecular weight is 491 g/mol. The molecular formula is C29H26N6O2. The van der Waals surface area contributed by atoms with Gasteiger partial charge in [0, 0.05) is 37.1 Å². The second-order valence-electron chi connectivity index (χ2n) is 9.26. The normalized spacial score (nSPS) is 13.2. The average Bonchev–Trinajstić information content (AvgIpc) is 3.64. The SMILES string of the molecule is Cc1cccc(-c2cc(NC(=O)Cc3ccc(-n4cnc5cc(C6=CN(C)NC6)ccc54)cc3)on2)c1. The first-order valence-electron chi connectivity index (χ1n) is 12.1. The van der Waals surface area contributed by atoms with Gasteiger partial charge in [-0.25, -0.2) is 10.4 Å². The number of hydrogen-bond donors (Lipinski definition) is 2. The van der Waals surface area contributed by atoms with Crippen molar-refractivity contribution in [3.8, 4) is 16.9 Å². The lowest BCUT2D eigenvalue weighted by atomic mass is 10.1. The van der Waals surface area contributed by atoms with Crippen LogP contribution in [0.25, 0.3) is 33.6 Å². The number of carbonyl (C=O) groups excluding carboxylic acids is 1. The van der Waals surface area contributed by atoms with Gasteiger partial charge in [0.2, 0.25) is 11.8 Å². The standard InChI is InChI=1S/C29H26N6O2/c1-19-4-3-5-22(12-19)25-15-29(37-33-25)32-28(36)13-20-6-9-24(10-7-20)35-18-30-26-14-21(8-11-27(26)35)23-16-31-34(2)17-23/h3-12,14-15,17-18,31H,13,16H2,1-2H3,(H,32,36). The number of benzene rings is 3. The quantitative estimate of drug-likeness (QED) is 0.350. The number of fused-ring (bicyclic) bond motifs is 1. The smallest absolute Gasteiger partial charge is 0.231 e. The fourth-order valence-corrected chi connectivity index (χ4v) is 4.55. The molecule has 0 saturated heterocycles. The highest BCUT2D eigenvalue weighted by Crippen LogP contribution is 2.25. The Morgan fingerprint density at radius 2 is 1.92 bits per heavy atom. The number of imidazole rings is 1. The molecule has 1 aliphatic heterocycles. The van der Waals surface area contributed by atoms with Crippen LogP contribution in [-0.2, 0) is 11.2 Å². The number of nitrogens with one attached hydrogen (secondary N) is 2. The van der Waals surface area contributed by atoms with Gasteiger partial charge in [-0.15, -0.1) is 0 Å². The molecule has 0 aliphatic carbocycles. The Bertz CT molecular complexity index is 1630. The number of carbonyl (C=O) groups is 1. The Kier molecular flexibility index (Phi) is 5.78. The van der Waals surface area contributed by atoms with Gasteiger partial charge in [0.25, 0.3) is 0 Å². The maximum Gasteiger partial charge on any atom is 0.231 e. The number of rotatable bonds is 6. The molecule has 6 rings (SSSR count). The minimum absolute atomic E-state index is 0.165. The molecule has 0 fully saturated rings. The zero-order valence-corrected chi connectivity index (χ0v) is 20.6. The summed E-state index contributed by atoms with van der Waals surface area (Å²) >= 11 is 0. The van der Waals surface area contributed by atoms with Crippen molar-refractivity contribution >= 4 is 28.4 Å². The molecule has 3 aromatic carbocycles. The van der Waals surface area contributed by atoms with E-state index in [1.165, 1.54) is 5.57 Å². The second-order valence-corrected chi connectivity index (χ2v) is 9.26. The molecule has 0 saturated carbocycles. The van der Waals surface area contributed by atoms with Crippen molar-refractivity contribution in [1.82, 2.24) is 25.1 Å². The first-order valence-corrected chi connectivity index (χ1v) is 12.1. The van der Waals surface area contributed by atoms with Gasteiger partial charge in [0.1, 0.15) is 12.0 Å². The van der Waals surface area contributed by atoms with E-state index in [1.807, 2.05) is 73.8 Å². The van der Waals surface area contributed by atoms with Crippen LogP contribution >= 0.6 is 0 Å². The van der Waals surface area contributed by atoms with Crippen LogP contribution in [0.3, 0.4) is 0 Å². The van der Waals surface area contributed by atoms with Crippen LogP contribution in [0.2, 0.25) is 0 Å². The number of hydrazine groups is 1. The third kappa shape index (κ3) is 4.74. The summed E-state index contributed by atoms with van der Waals surface area (Å²) < 4.78 is 7.37. The molecule has 0 unspecified atom stereocenters. The lowest BCUT2D eigenvalue weighted by Crippen LogP contribution is -2.23. The second kappa shape index (κ2) is 9.40. The van der Waals surface area contributed by atoms with Crippen LogP contribution in [0.4, 0.5) is 5.88 Å². The van der Waals surface area contributed by atoms with Gasteiger partial charge in [-0.05, 0) is 54.0 Å². The molecule has 8 heteroatoms. The Balaban J connectivity index is 1.13. The summed E-state index contributed by atoms with van der Waals surface area (Å²) in [5.41, 5.74) is 12.3. The molecule has 2 N–H and O–H groups in total. The maximum atomic E-state index is 12.6. The van der Waals surface area contributed by atoms with E-state index in [0.29, 0.717) is 11.6 Å². The van der Waals surface area contributed by atoms with Crippen molar-refractivity contribution < 1.29 is 9.32 Å². The van der Waals surface area contributed by atoms with Crippen LogP contribution in [0.15, 0.2) is 89.8 Å². The summed E-state index contributed by atoms with van der Waals surface area (Å²) in [7, 11) is 1.99. The largest absolute Gasteiger partial charge is 0.338 e. The Morgan fingerprint density at radius 3 is 2.70 bits per heavy atom. The van der Waals surface area contributed by atoms with Crippen LogP contribution in [-0.4, -0.2) is 39.2 Å². The van der Waals surface area contributed by atoms with Gasteiger partial charge < -0.3 is 9.53 Å². The highest BCUT2D eigenvalue weighted by Gasteiger charge is 2.14. The Labute approximate surface area is 214 Å². The molecule has 5 aromatic rings. The van der Waals surface area contributed by atoms with Crippen LogP contribution in [0.5, 0.6) is 0 Å². The summed E-state index contributed by atoms with van der Waals surface area (Å²) in [4.78, 5) is 17.2. The van der Waals surface area contributed by atoms with Gasteiger partial charge in [-0.2, -0.15) is 0 Å². The number of aryl methyl sites for hydroxylation is 1. The molecule has 0 bridgehead atoms.